The number of nitriles is 1. The molecule has 1 heterocycles. The van der Waals surface area contributed by atoms with Crippen molar-refractivity contribution >= 4 is 0 Å². The third kappa shape index (κ3) is 2.68. The van der Waals surface area contributed by atoms with Crippen LogP contribution in [0.2, 0.25) is 0 Å². The summed E-state index contributed by atoms with van der Waals surface area (Å²) >= 11 is 0. The Bertz CT molecular complexity index is 613. The number of benzene rings is 1. The van der Waals surface area contributed by atoms with Gasteiger partial charge < -0.3 is 4.57 Å². The molecule has 0 amide bonds. The van der Waals surface area contributed by atoms with Gasteiger partial charge in [-0.05, 0) is 24.8 Å². The predicted octanol–water partition coefficient (Wildman–Crippen LogP) is 3.47. The Kier molecular flexibility index (Phi) is 3.71. The molecule has 0 aliphatic carbocycles. The zero-order valence-corrected chi connectivity index (χ0v) is 11.9. The maximum atomic E-state index is 9.24. The van der Waals surface area contributed by atoms with E-state index in [0.717, 1.165) is 23.5 Å². The van der Waals surface area contributed by atoms with Gasteiger partial charge in [0, 0.05) is 12.6 Å². The first-order valence-electron chi connectivity index (χ1n) is 6.55. The Morgan fingerprint density at radius 2 is 1.89 bits per heavy atom. The molecule has 0 spiro atoms. The van der Waals surface area contributed by atoms with Crippen LogP contribution < -0.4 is 0 Å². The van der Waals surface area contributed by atoms with Gasteiger partial charge in [-0.15, -0.1) is 0 Å². The molecule has 2 aromatic rings. The van der Waals surface area contributed by atoms with Crippen LogP contribution >= 0.6 is 0 Å². The lowest BCUT2D eigenvalue weighted by molar-refractivity contribution is 0.647. The number of imidazole rings is 1. The average molecular weight is 253 g/mol. The molecule has 2 rings (SSSR count). The number of hydrogen-bond acceptors (Lipinski definition) is 2. The van der Waals surface area contributed by atoms with Crippen LogP contribution in [0.3, 0.4) is 0 Å². The summed E-state index contributed by atoms with van der Waals surface area (Å²) in [4.78, 5) is 4.48. The minimum absolute atomic E-state index is 0.620. The first-order chi connectivity index (χ1) is 9.02. The van der Waals surface area contributed by atoms with Crippen LogP contribution in [-0.4, -0.2) is 9.55 Å². The van der Waals surface area contributed by atoms with Crippen LogP contribution in [0, 0.1) is 24.2 Å². The van der Waals surface area contributed by atoms with Crippen molar-refractivity contribution in [2.75, 3.05) is 0 Å². The second-order valence-corrected chi connectivity index (χ2v) is 5.32. The lowest BCUT2D eigenvalue weighted by Crippen LogP contribution is -1.95. The SMILES string of the molecule is Cc1nc(-c2ccc(CC(C)C)cc2)c(C#N)n1C. The maximum absolute atomic E-state index is 9.24. The van der Waals surface area contributed by atoms with E-state index in [2.05, 4.69) is 49.2 Å². The highest BCUT2D eigenvalue weighted by Gasteiger charge is 2.13. The Balaban J connectivity index is 2.38. The molecule has 0 bridgehead atoms. The molecule has 98 valence electrons. The Morgan fingerprint density at radius 3 is 2.42 bits per heavy atom. The van der Waals surface area contributed by atoms with Gasteiger partial charge in [-0.25, -0.2) is 4.98 Å². The van der Waals surface area contributed by atoms with Crippen molar-refractivity contribution in [2.24, 2.45) is 13.0 Å². The molecule has 0 fully saturated rings. The van der Waals surface area contributed by atoms with Gasteiger partial charge in [0.25, 0.3) is 0 Å². The van der Waals surface area contributed by atoms with E-state index < -0.39 is 0 Å². The fourth-order valence-electron chi connectivity index (χ4n) is 2.21. The summed E-state index contributed by atoms with van der Waals surface area (Å²) in [5.74, 6) is 1.51. The molecule has 0 saturated heterocycles. The molecule has 0 aliphatic rings. The van der Waals surface area contributed by atoms with E-state index in [1.807, 2.05) is 18.5 Å². The van der Waals surface area contributed by atoms with Gasteiger partial charge >= 0.3 is 0 Å². The van der Waals surface area contributed by atoms with Crippen molar-refractivity contribution in [1.82, 2.24) is 9.55 Å². The molecular formula is C16H19N3. The van der Waals surface area contributed by atoms with E-state index in [1.165, 1.54) is 5.56 Å². The van der Waals surface area contributed by atoms with Crippen LogP contribution in [0.5, 0.6) is 0 Å². The summed E-state index contributed by atoms with van der Waals surface area (Å²) in [5, 5.41) is 9.24. The highest BCUT2D eigenvalue weighted by Crippen LogP contribution is 2.23. The predicted molar refractivity (Wildman–Crippen MR) is 76.6 cm³/mol. The summed E-state index contributed by atoms with van der Waals surface area (Å²) in [6.07, 6.45) is 1.08. The lowest BCUT2D eigenvalue weighted by atomic mass is 10.0. The number of nitrogens with zero attached hydrogens (tertiary/aromatic N) is 3. The van der Waals surface area contributed by atoms with E-state index in [0.29, 0.717) is 11.6 Å². The van der Waals surface area contributed by atoms with E-state index in [-0.39, 0.29) is 0 Å². The van der Waals surface area contributed by atoms with Crippen molar-refractivity contribution < 1.29 is 0 Å². The van der Waals surface area contributed by atoms with Crippen LogP contribution in [-0.2, 0) is 13.5 Å². The highest BCUT2D eigenvalue weighted by molar-refractivity contribution is 5.65. The lowest BCUT2D eigenvalue weighted by Gasteiger charge is -2.05. The summed E-state index contributed by atoms with van der Waals surface area (Å²) in [5.41, 5.74) is 3.73. The molecule has 0 radical (unpaired) electrons. The van der Waals surface area contributed by atoms with Gasteiger partial charge in [0.1, 0.15) is 23.3 Å². The fraction of sp³-hybridized carbons (Fsp3) is 0.375. The average Bonchev–Trinajstić information content (AvgIpc) is 2.65. The van der Waals surface area contributed by atoms with E-state index in [4.69, 9.17) is 0 Å². The van der Waals surface area contributed by atoms with Crippen molar-refractivity contribution in [1.29, 1.82) is 5.26 Å². The van der Waals surface area contributed by atoms with Gasteiger partial charge in [0.15, 0.2) is 0 Å². The molecule has 1 aromatic carbocycles. The first-order valence-corrected chi connectivity index (χ1v) is 6.55. The van der Waals surface area contributed by atoms with Gasteiger partial charge in [0.05, 0.1) is 0 Å². The van der Waals surface area contributed by atoms with Crippen LogP contribution in [0.25, 0.3) is 11.3 Å². The summed E-state index contributed by atoms with van der Waals surface area (Å²) in [6, 6.07) is 10.6. The van der Waals surface area contributed by atoms with Crippen molar-refractivity contribution in [3.05, 3.63) is 41.3 Å². The molecule has 0 saturated carbocycles. The molecule has 3 nitrogen and oxygen atoms in total. The first kappa shape index (κ1) is 13.4. The van der Waals surface area contributed by atoms with Crippen molar-refractivity contribution in [3.8, 4) is 17.3 Å². The van der Waals surface area contributed by atoms with Crippen LogP contribution in [0.1, 0.15) is 30.9 Å². The van der Waals surface area contributed by atoms with Gasteiger partial charge in [-0.2, -0.15) is 5.26 Å². The van der Waals surface area contributed by atoms with Gasteiger partial charge in [-0.3, -0.25) is 0 Å². The summed E-state index contributed by atoms with van der Waals surface area (Å²) < 4.78 is 1.83. The molecule has 3 heteroatoms. The standard InChI is InChI=1S/C16H19N3/c1-11(2)9-13-5-7-14(8-6-13)16-15(10-17)19(4)12(3)18-16/h5-8,11H,9H2,1-4H3. The molecule has 0 N–H and O–H groups in total. The van der Waals surface area contributed by atoms with Gasteiger partial charge in [-0.1, -0.05) is 38.1 Å². The smallest absolute Gasteiger partial charge is 0.147 e. The zero-order valence-electron chi connectivity index (χ0n) is 11.9. The Labute approximate surface area is 114 Å². The van der Waals surface area contributed by atoms with Crippen LogP contribution in [0.4, 0.5) is 0 Å². The number of rotatable bonds is 3. The normalized spacial score (nSPS) is 10.7. The van der Waals surface area contributed by atoms with E-state index >= 15 is 0 Å². The maximum Gasteiger partial charge on any atom is 0.147 e. The molecule has 19 heavy (non-hydrogen) atoms. The zero-order chi connectivity index (χ0) is 14.0. The van der Waals surface area contributed by atoms with Crippen LogP contribution in [0.15, 0.2) is 24.3 Å². The monoisotopic (exact) mass is 253 g/mol. The fourth-order valence-corrected chi connectivity index (χ4v) is 2.21. The number of aromatic nitrogens is 2. The number of aryl methyl sites for hydroxylation is 1. The summed E-state index contributed by atoms with van der Waals surface area (Å²) in [6.45, 7) is 6.34. The second-order valence-electron chi connectivity index (χ2n) is 5.32. The minimum atomic E-state index is 0.620. The quantitative estimate of drug-likeness (QED) is 0.840. The molecule has 1 aromatic heterocycles. The molecule has 0 atom stereocenters. The largest absolute Gasteiger partial charge is 0.323 e. The number of hydrogen-bond donors (Lipinski definition) is 0. The van der Waals surface area contributed by atoms with E-state index in [1.54, 1.807) is 0 Å². The molecular weight excluding hydrogens is 234 g/mol. The Hall–Kier alpha value is -2.08. The van der Waals surface area contributed by atoms with Crippen molar-refractivity contribution in [3.63, 3.8) is 0 Å². The van der Waals surface area contributed by atoms with E-state index in [9.17, 15) is 5.26 Å². The molecule has 0 unspecified atom stereocenters. The second kappa shape index (κ2) is 5.27. The van der Waals surface area contributed by atoms with Crippen molar-refractivity contribution in [2.45, 2.75) is 27.2 Å². The topological polar surface area (TPSA) is 41.6 Å². The van der Waals surface area contributed by atoms with Gasteiger partial charge in [0.2, 0.25) is 0 Å². The minimum Gasteiger partial charge on any atom is -0.323 e. The Morgan fingerprint density at radius 1 is 1.26 bits per heavy atom. The molecule has 0 aliphatic heterocycles. The third-order valence-corrected chi connectivity index (χ3v) is 3.30. The third-order valence-electron chi connectivity index (χ3n) is 3.30. The summed E-state index contributed by atoms with van der Waals surface area (Å²) in [7, 11) is 1.87. The highest BCUT2D eigenvalue weighted by atomic mass is 15.1.